The van der Waals surface area contributed by atoms with Gasteiger partial charge >= 0.3 is 5.97 Å². The molecule has 1 unspecified atom stereocenters. The zero-order valence-corrected chi connectivity index (χ0v) is 10.8. The van der Waals surface area contributed by atoms with Crippen LogP contribution in [0, 0.1) is 0 Å². The number of aliphatic carboxylic acids is 1. The quantitative estimate of drug-likeness (QED) is 0.765. The van der Waals surface area contributed by atoms with Gasteiger partial charge in [-0.05, 0) is 37.6 Å². The minimum atomic E-state index is -0.963. The first-order valence-electron chi connectivity index (χ1n) is 5.97. The van der Waals surface area contributed by atoms with Gasteiger partial charge in [-0.25, -0.2) is 0 Å². The Labute approximate surface area is 107 Å². The number of nitrogens with two attached hydrogens (primary N) is 1. The van der Waals surface area contributed by atoms with E-state index >= 15 is 0 Å². The lowest BCUT2D eigenvalue weighted by molar-refractivity contribution is -0.138. The number of benzene rings is 1. The summed E-state index contributed by atoms with van der Waals surface area (Å²) in [6.07, 6.45) is 0.416. The number of carbonyl (C=O) groups is 1. The molecule has 18 heavy (non-hydrogen) atoms. The molecule has 0 radical (unpaired) electrons. The maximum absolute atomic E-state index is 10.6. The third-order valence-corrected chi connectivity index (χ3v) is 2.68. The number of nitrogens with zero attached hydrogens (tertiary/aromatic N) is 1. The Morgan fingerprint density at radius 2 is 2.06 bits per heavy atom. The number of hydrogen-bond donors (Lipinski definition) is 2. The van der Waals surface area contributed by atoms with E-state index in [4.69, 9.17) is 15.6 Å². The van der Waals surface area contributed by atoms with Crippen molar-refractivity contribution < 1.29 is 14.6 Å². The second-order valence-corrected chi connectivity index (χ2v) is 4.08. The Morgan fingerprint density at radius 1 is 1.44 bits per heavy atom. The lowest BCUT2D eigenvalue weighted by Gasteiger charge is -2.20. The largest absolute Gasteiger partial charge is 0.494 e. The molecule has 0 spiro atoms. The van der Waals surface area contributed by atoms with E-state index in [2.05, 4.69) is 0 Å². The van der Waals surface area contributed by atoms with Gasteiger partial charge in [0.15, 0.2) is 0 Å². The van der Waals surface area contributed by atoms with Gasteiger partial charge in [-0.2, -0.15) is 0 Å². The molecule has 1 aromatic carbocycles. The van der Waals surface area contributed by atoms with Crippen molar-refractivity contribution in [2.75, 3.05) is 25.1 Å². The summed E-state index contributed by atoms with van der Waals surface area (Å²) >= 11 is 0. The normalized spacial score (nSPS) is 11.9. The highest BCUT2D eigenvalue weighted by atomic mass is 16.5. The number of carboxylic acids is 1. The highest BCUT2D eigenvalue weighted by Gasteiger charge is 2.12. The zero-order chi connectivity index (χ0) is 13.5. The topological polar surface area (TPSA) is 75.8 Å². The van der Waals surface area contributed by atoms with E-state index in [0.29, 0.717) is 19.6 Å². The van der Waals surface area contributed by atoms with E-state index in [1.165, 1.54) is 0 Å². The van der Waals surface area contributed by atoms with Gasteiger partial charge in [0, 0.05) is 19.3 Å². The third kappa shape index (κ3) is 4.25. The van der Waals surface area contributed by atoms with Crippen molar-refractivity contribution in [3.8, 4) is 5.75 Å². The molecule has 0 saturated carbocycles. The van der Waals surface area contributed by atoms with Crippen molar-refractivity contribution in [2.45, 2.75) is 19.4 Å². The summed E-state index contributed by atoms with van der Waals surface area (Å²) in [4.78, 5) is 12.6. The van der Waals surface area contributed by atoms with E-state index in [0.717, 1.165) is 11.4 Å². The van der Waals surface area contributed by atoms with Crippen LogP contribution in [0.5, 0.6) is 5.75 Å². The van der Waals surface area contributed by atoms with Crippen LogP contribution in [0.1, 0.15) is 13.3 Å². The second-order valence-electron chi connectivity index (χ2n) is 4.08. The lowest BCUT2D eigenvalue weighted by Crippen LogP contribution is -2.34. The molecule has 5 heteroatoms. The molecule has 0 bridgehead atoms. The first kappa shape index (κ1) is 14.3. The van der Waals surface area contributed by atoms with Crippen LogP contribution in [0.25, 0.3) is 0 Å². The lowest BCUT2D eigenvalue weighted by atomic mass is 10.2. The first-order valence-corrected chi connectivity index (χ1v) is 5.97. The van der Waals surface area contributed by atoms with Crippen LogP contribution in [0.15, 0.2) is 24.3 Å². The number of rotatable bonds is 7. The first-order chi connectivity index (χ1) is 8.54. The van der Waals surface area contributed by atoms with Crippen molar-refractivity contribution >= 4 is 11.7 Å². The summed E-state index contributed by atoms with van der Waals surface area (Å²) < 4.78 is 5.35. The molecule has 0 saturated heterocycles. The molecule has 0 amide bonds. The van der Waals surface area contributed by atoms with Gasteiger partial charge in [0.2, 0.25) is 0 Å². The number of carboxylic acid groups (broad SMARTS) is 1. The summed E-state index contributed by atoms with van der Waals surface area (Å²) in [6.45, 7) is 3.18. The highest BCUT2D eigenvalue weighted by molar-refractivity contribution is 5.73. The van der Waals surface area contributed by atoms with Gasteiger partial charge in [-0.15, -0.1) is 0 Å². The summed E-state index contributed by atoms with van der Waals surface area (Å²) in [5, 5.41) is 8.70. The Morgan fingerprint density at radius 3 is 2.56 bits per heavy atom. The molecule has 0 aliphatic rings. The fraction of sp³-hybridized carbons (Fsp3) is 0.462. The second kappa shape index (κ2) is 6.86. The molecule has 3 N–H and O–H groups in total. The van der Waals surface area contributed by atoms with E-state index in [-0.39, 0.29) is 0 Å². The van der Waals surface area contributed by atoms with E-state index in [9.17, 15) is 4.79 Å². The van der Waals surface area contributed by atoms with E-state index < -0.39 is 12.0 Å². The molecular weight excluding hydrogens is 232 g/mol. The van der Waals surface area contributed by atoms with Gasteiger partial charge in [0.1, 0.15) is 11.8 Å². The zero-order valence-electron chi connectivity index (χ0n) is 10.8. The third-order valence-electron chi connectivity index (χ3n) is 2.68. The van der Waals surface area contributed by atoms with Gasteiger partial charge < -0.3 is 20.5 Å². The van der Waals surface area contributed by atoms with Crippen LogP contribution in [-0.4, -0.2) is 37.3 Å². The van der Waals surface area contributed by atoms with E-state index in [1.54, 1.807) is 0 Å². The summed E-state index contributed by atoms with van der Waals surface area (Å²) in [7, 11) is 1.91. The van der Waals surface area contributed by atoms with Crippen molar-refractivity contribution in [3.05, 3.63) is 24.3 Å². The van der Waals surface area contributed by atoms with Crippen LogP contribution in [-0.2, 0) is 4.79 Å². The predicted molar refractivity (Wildman–Crippen MR) is 71.1 cm³/mol. The van der Waals surface area contributed by atoms with Crippen LogP contribution < -0.4 is 15.4 Å². The summed E-state index contributed by atoms with van der Waals surface area (Å²) in [5.41, 5.74) is 6.47. The number of ether oxygens (including phenoxy) is 1. The average Bonchev–Trinajstić information content (AvgIpc) is 2.36. The summed E-state index contributed by atoms with van der Waals surface area (Å²) in [5.74, 6) is -0.132. The van der Waals surface area contributed by atoms with Gasteiger partial charge in [0.05, 0.1) is 6.61 Å². The average molecular weight is 252 g/mol. The maximum atomic E-state index is 10.6. The van der Waals surface area contributed by atoms with Crippen molar-refractivity contribution in [2.24, 2.45) is 5.73 Å². The van der Waals surface area contributed by atoms with Crippen molar-refractivity contribution in [1.82, 2.24) is 0 Å². The Kier molecular flexibility index (Phi) is 5.45. The maximum Gasteiger partial charge on any atom is 0.320 e. The van der Waals surface area contributed by atoms with Gasteiger partial charge in [-0.1, -0.05) is 0 Å². The van der Waals surface area contributed by atoms with Crippen LogP contribution in [0.2, 0.25) is 0 Å². The minimum Gasteiger partial charge on any atom is -0.494 e. The molecule has 0 fully saturated rings. The molecule has 0 aromatic heterocycles. The van der Waals surface area contributed by atoms with Gasteiger partial charge in [-0.3, -0.25) is 4.79 Å². The predicted octanol–water partition coefficient (Wildman–Crippen LogP) is 1.32. The minimum absolute atomic E-state index is 0.416. The molecule has 0 aliphatic carbocycles. The van der Waals surface area contributed by atoms with Crippen LogP contribution in [0.3, 0.4) is 0 Å². The smallest absolute Gasteiger partial charge is 0.320 e. The number of anilines is 1. The highest BCUT2D eigenvalue weighted by Crippen LogP contribution is 2.18. The fourth-order valence-electron chi connectivity index (χ4n) is 1.55. The van der Waals surface area contributed by atoms with Crippen molar-refractivity contribution in [1.29, 1.82) is 0 Å². The van der Waals surface area contributed by atoms with E-state index in [1.807, 2.05) is 43.1 Å². The Hall–Kier alpha value is -1.75. The molecular formula is C13H20N2O3. The summed E-state index contributed by atoms with van der Waals surface area (Å²) in [6, 6.07) is 6.86. The van der Waals surface area contributed by atoms with Crippen molar-refractivity contribution in [3.63, 3.8) is 0 Å². The Bertz CT molecular complexity index is 378. The monoisotopic (exact) mass is 252 g/mol. The molecule has 0 aliphatic heterocycles. The molecule has 100 valence electrons. The molecule has 0 heterocycles. The molecule has 5 nitrogen and oxygen atoms in total. The van der Waals surface area contributed by atoms with Crippen LogP contribution >= 0.6 is 0 Å². The SMILES string of the molecule is CCOc1ccc(N(C)CCC(N)C(=O)O)cc1. The molecule has 1 aromatic rings. The molecule has 1 rings (SSSR count). The Balaban J connectivity index is 2.50. The van der Waals surface area contributed by atoms with Gasteiger partial charge in [0.25, 0.3) is 0 Å². The van der Waals surface area contributed by atoms with Crippen LogP contribution in [0.4, 0.5) is 5.69 Å². The fourth-order valence-corrected chi connectivity index (χ4v) is 1.55. The standard InChI is InChI=1S/C13H20N2O3/c1-3-18-11-6-4-10(5-7-11)15(2)9-8-12(14)13(16)17/h4-7,12H,3,8-9,14H2,1-2H3,(H,16,17). The molecule has 1 atom stereocenters. The number of hydrogen-bond acceptors (Lipinski definition) is 4.